The summed E-state index contributed by atoms with van der Waals surface area (Å²) in [5.41, 5.74) is 4.86. The van der Waals surface area contributed by atoms with Gasteiger partial charge in [0.25, 0.3) is 0 Å². The van der Waals surface area contributed by atoms with E-state index < -0.39 is 24.0 Å². The number of hydrogen-bond donors (Lipinski definition) is 3. The van der Waals surface area contributed by atoms with Crippen LogP contribution in [0.15, 0.2) is 66.7 Å². The van der Waals surface area contributed by atoms with Gasteiger partial charge in [-0.05, 0) is 69.5 Å². The van der Waals surface area contributed by atoms with Gasteiger partial charge in [0.2, 0.25) is 5.91 Å². The second-order valence-corrected chi connectivity index (χ2v) is 9.67. The molecule has 0 fully saturated rings. The number of carbonyl (C=O) groups excluding carboxylic acids is 2. The molecule has 3 aromatic rings. The van der Waals surface area contributed by atoms with E-state index >= 15 is 0 Å². The molecule has 2 amide bonds. The molecule has 1 aliphatic rings. The quantitative estimate of drug-likeness (QED) is 0.288. The Morgan fingerprint density at radius 2 is 1.63 bits per heavy atom. The van der Waals surface area contributed by atoms with Crippen molar-refractivity contribution in [2.75, 3.05) is 11.9 Å². The summed E-state index contributed by atoms with van der Waals surface area (Å²) in [6, 6.07) is 19.8. The molecule has 1 atom stereocenters. The molecule has 0 saturated heterocycles. The molecule has 9 heteroatoms. The number of carboxylic acids is 1. The maximum Gasteiger partial charge on any atom is 0.407 e. The first kappa shape index (κ1) is 25.0. The van der Waals surface area contributed by atoms with Gasteiger partial charge in [0.1, 0.15) is 12.6 Å². The largest absolute Gasteiger partial charge is 0.481 e. The first-order valence-electron chi connectivity index (χ1n) is 10.9. The normalized spacial score (nSPS) is 12.9. The van der Waals surface area contributed by atoms with E-state index in [0.29, 0.717) is 14.3 Å². The number of hydrogen-bond acceptors (Lipinski definition) is 4. The van der Waals surface area contributed by atoms with Crippen molar-refractivity contribution in [1.82, 2.24) is 5.32 Å². The van der Waals surface area contributed by atoms with E-state index in [2.05, 4.69) is 10.6 Å². The van der Waals surface area contributed by atoms with Crippen molar-refractivity contribution in [3.05, 3.63) is 86.4 Å². The Balaban J connectivity index is 1.43. The molecule has 3 N–H and O–H groups in total. The lowest BCUT2D eigenvalue weighted by atomic mass is 9.98. The van der Waals surface area contributed by atoms with Crippen LogP contribution >= 0.6 is 34.2 Å². The molecule has 7 nitrogen and oxygen atoms in total. The van der Waals surface area contributed by atoms with Crippen LogP contribution in [0.4, 0.5) is 10.5 Å². The topological polar surface area (TPSA) is 105 Å². The molecule has 0 spiro atoms. The Morgan fingerprint density at radius 1 is 1.00 bits per heavy atom. The third-order valence-electron chi connectivity index (χ3n) is 5.79. The van der Waals surface area contributed by atoms with Crippen LogP contribution < -0.4 is 10.6 Å². The summed E-state index contributed by atoms with van der Waals surface area (Å²) < 4.78 is 6.23. The lowest BCUT2D eigenvalue weighted by molar-refractivity contribution is -0.137. The fraction of sp³-hybridized carbons (Fsp3) is 0.192. The van der Waals surface area contributed by atoms with Crippen molar-refractivity contribution in [1.29, 1.82) is 0 Å². The maximum absolute atomic E-state index is 12.9. The Labute approximate surface area is 221 Å². The summed E-state index contributed by atoms with van der Waals surface area (Å²) >= 11 is 8.00. The van der Waals surface area contributed by atoms with Crippen molar-refractivity contribution < 1.29 is 24.2 Å². The molecule has 4 rings (SSSR count). The molecule has 0 heterocycles. The maximum atomic E-state index is 12.9. The van der Waals surface area contributed by atoms with Crippen LogP contribution in [0.2, 0.25) is 5.02 Å². The number of halogens is 2. The molecular weight excluding hydrogens is 583 g/mol. The van der Waals surface area contributed by atoms with Crippen molar-refractivity contribution >= 4 is 57.8 Å². The predicted octanol–water partition coefficient (Wildman–Crippen LogP) is 5.66. The van der Waals surface area contributed by atoms with Gasteiger partial charge in [0.05, 0.1) is 5.69 Å². The predicted molar refractivity (Wildman–Crippen MR) is 142 cm³/mol. The molecule has 0 bridgehead atoms. The fourth-order valence-electron chi connectivity index (χ4n) is 4.13. The molecule has 180 valence electrons. The summed E-state index contributed by atoms with van der Waals surface area (Å²) in [5, 5.41) is 14.9. The fourth-order valence-corrected chi connectivity index (χ4v) is 5.14. The lowest BCUT2D eigenvalue weighted by Gasteiger charge is -2.20. The molecule has 1 aliphatic carbocycles. The number of anilines is 1. The van der Waals surface area contributed by atoms with E-state index in [1.54, 1.807) is 18.2 Å². The number of rotatable bonds is 8. The minimum Gasteiger partial charge on any atom is -0.481 e. The zero-order valence-electron chi connectivity index (χ0n) is 18.5. The number of ether oxygens (including phenoxy) is 1. The third kappa shape index (κ3) is 5.94. The highest BCUT2D eigenvalue weighted by atomic mass is 127. The first-order chi connectivity index (χ1) is 16.8. The Morgan fingerprint density at radius 3 is 2.23 bits per heavy atom. The molecule has 35 heavy (non-hydrogen) atoms. The second kappa shape index (κ2) is 11.1. The SMILES string of the molecule is O=C(O)CCC(NC(=O)OCC1c2ccccc2-c2ccccc21)C(=O)Nc1ccc(Cl)cc1I. The van der Waals surface area contributed by atoms with Crippen LogP contribution in [0.5, 0.6) is 0 Å². The molecule has 3 aromatic carbocycles. The molecule has 0 aromatic heterocycles. The number of aliphatic carboxylic acids is 1. The van der Waals surface area contributed by atoms with E-state index in [1.807, 2.05) is 71.1 Å². The van der Waals surface area contributed by atoms with Crippen LogP contribution in [-0.2, 0) is 14.3 Å². The highest BCUT2D eigenvalue weighted by molar-refractivity contribution is 14.1. The first-order valence-corrected chi connectivity index (χ1v) is 12.4. The number of nitrogens with one attached hydrogen (secondary N) is 2. The highest BCUT2D eigenvalue weighted by Gasteiger charge is 2.30. The minimum atomic E-state index is -1.09. The van der Waals surface area contributed by atoms with Crippen LogP contribution in [0, 0.1) is 3.57 Å². The summed E-state index contributed by atoms with van der Waals surface area (Å²) in [4.78, 5) is 36.6. The van der Waals surface area contributed by atoms with Crippen molar-refractivity contribution in [3.8, 4) is 11.1 Å². The Hall–Kier alpha value is -3.11. The average molecular weight is 605 g/mol. The monoisotopic (exact) mass is 604 g/mol. The van der Waals surface area contributed by atoms with E-state index in [1.165, 1.54) is 0 Å². The van der Waals surface area contributed by atoms with E-state index in [-0.39, 0.29) is 25.4 Å². The van der Waals surface area contributed by atoms with Crippen molar-refractivity contribution in [2.45, 2.75) is 24.8 Å². The van der Waals surface area contributed by atoms with E-state index in [9.17, 15) is 14.4 Å². The molecule has 1 unspecified atom stereocenters. The number of benzene rings is 3. The van der Waals surface area contributed by atoms with Crippen LogP contribution in [-0.4, -0.2) is 35.7 Å². The molecule has 0 aliphatic heterocycles. The van der Waals surface area contributed by atoms with Gasteiger partial charge < -0.3 is 20.5 Å². The Bertz CT molecular complexity index is 1240. The van der Waals surface area contributed by atoms with Crippen molar-refractivity contribution in [2.24, 2.45) is 0 Å². The summed E-state index contributed by atoms with van der Waals surface area (Å²) in [5.74, 6) is -1.74. The number of carbonyl (C=O) groups is 3. The smallest absolute Gasteiger partial charge is 0.407 e. The van der Waals surface area contributed by atoms with Gasteiger partial charge in [-0.25, -0.2) is 4.79 Å². The van der Waals surface area contributed by atoms with Crippen LogP contribution in [0.1, 0.15) is 29.9 Å². The summed E-state index contributed by atoms with van der Waals surface area (Å²) in [6.07, 6.45) is -1.17. The zero-order valence-corrected chi connectivity index (χ0v) is 21.4. The number of fused-ring (bicyclic) bond motifs is 3. The van der Waals surface area contributed by atoms with E-state index in [4.69, 9.17) is 21.4 Å². The molecular formula is C26H22ClIN2O5. The lowest BCUT2D eigenvalue weighted by Crippen LogP contribution is -2.44. The van der Waals surface area contributed by atoms with Gasteiger partial charge in [-0.2, -0.15) is 0 Å². The molecule has 0 saturated carbocycles. The Kier molecular flexibility index (Phi) is 7.92. The minimum absolute atomic E-state index is 0.0855. The van der Waals surface area contributed by atoms with Crippen LogP contribution in [0.3, 0.4) is 0 Å². The summed E-state index contributed by atoms with van der Waals surface area (Å²) in [7, 11) is 0. The van der Waals surface area contributed by atoms with Crippen LogP contribution in [0.25, 0.3) is 11.1 Å². The summed E-state index contributed by atoms with van der Waals surface area (Å²) in [6.45, 7) is 0.0855. The zero-order chi connectivity index (χ0) is 24.9. The van der Waals surface area contributed by atoms with Gasteiger partial charge >= 0.3 is 12.1 Å². The number of amides is 2. The molecule has 0 radical (unpaired) electrons. The van der Waals surface area contributed by atoms with Crippen molar-refractivity contribution in [3.63, 3.8) is 0 Å². The standard InChI is InChI=1S/C26H22ClIN2O5/c27-15-9-10-22(21(28)13-15)29-25(33)23(11-12-24(31)32)30-26(34)35-14-20-18-7-3-1-5-16(18)17-6-2-4-8-19(17)20/h1-10,13,20,23H,11-12,14H2,(H,29,33)(H,30,34)(H,31,32). The van der Waals surface area contributed by atoms with Gasteiger partial charge in [-0.1, -0.05) is 60.1 Å². The van der Waals surface area contributed by atoms with Gasteiger partial charge in [-0.15, -0.1) is 0 Å². The third-order valence-corrected chi connectivity index (χ3v) is 6.92. The van der Waals surface area contributed by atoms with E-state index in [0.717, 1.165) is 22.3 Å². The number of carboxylic acid groups (broad SMARTS) is 1. The number of alkyl carbamates (subject to hydrolysis) is 1. The highest BCUT2D eigenvalue weighted by Crippen LogP contribution is 2.44. The van der Waals surface area contributed by atoms with Gasteiger partial charge in [0.15, 0.2) is 0 Å². The average Bonchev–Trinajstić information content (AvgIpc) is 3.15. The van der Waals surface area contributed by atoms with Gasteiger partial charge in [-0.3, -0.25) is 9.59 Å². The van der Waals surface area contributed by atoms with Gasteiger partial charge in [0, 0.05) is 20.9 Å². The second-order valence-electron chi connectivity index (χ2n) is 8.07.